The quantitative estimate of drug-likeness (QED) is 0.708. The molecule has 1 atom stereocenters. The Labute approximate surface area is 70.0 Å². The Morgan fingerprint density at radius 3 is 3.00 bits per heavy atom. The first-order valence-corrected chi connectivity index (χ1v) is 3.69. The Kier molecular flexibility index (Phi) is 2.88. The normalized spacial score (nSPS) is 12.8. The van der Waals surface area contributed by atoms with Gasteiger partial charge in [-0.1, -0.05) is 0 Å². The van der Waals surface area contributed by atoms with Crippen LogP contribution in [0.5, 0.6) is 0 Å². The van der Waals surface area contributed by atoms with E-state index in [2.05, 4.69) is 0 Å². The minimum atomic E-state index is -0.825. The summed E-state index contributed by atoms with van der Waals surface area (Å²) in [6, 6.07) is 1.51. The van der Waals surface area contributed by atoms with Crippen molar-refractivity contribution in [3.63, 3.8) is 0 Å². The molecule has 4 nitrogen and oxygen atoms in total. The maximum atomic E-state index is 10.2. The summed E-state index contributed by atoms with van der Waals surface area (Å²) in [6.45, 7) is 0. The second kappa shape index (κ2) is 3.92. The summed E-state index contributed by atoms with van der Waals surface area (Å²) in [5.74, 6) is -0.825. The van der Waals surface area contributed by atoms with Crippen molar-refractivity contribution in [2.75, 3.05) is 0 Å². The number of hydrogen-bond donors (Lipinski definition) is 2. The van der Waals surface area contributed by atoms with E-state index in [1.165, 1.54) is 12.5 Å². The number of hydrogen-bond acceptors (Lipinski definition) is 3. The molecule has 0 bridgehead atoms. The van der Waals surface area contributed by atoms with Crippen molar-refractivity contribution < 1.29 is 14.3 Å². The molecule has 1 heterocycles. The van der Waals surface area contributed by atoms with E-state index >= 15 is 0 Å². The molecule has 1 rings (SSSR count). The number of rotatable bonds is 4. The van der Waals surface area contributed by atoms with Crippen LogP contribution in [0.2, 0.25) is 0 Å². The maximum absolute atomic E-state index is 10.2. The Balaban J connectivity index is 2.39. The molecule has 66 valence electrons. The molecule has 0 saturated heterocycles. The van der Waals surface area contributed by atoms with Crippen LogP contribution >= 0.6 is 0 Å². The van der Waals surface area contributed by atoms with Crippen molar-refractivity contribution in [3.8, 4) is 0 Å². The average Bonchev–Trinajstić information content (AvgIpc) is 2.51. The number of aliphatic carboxylic acids is 1. The molecule has 0 spiro atoms. The molecule has 0 aliphatic heterocycles. The SMILES string of the molecule is NC(CCC(=O)O)c1ccoc1. The van der Waals surface area contributed by atoms with Crippen LogP contribution in [0, 0.1) is 0 Å². The molecule has 0 amide bonds. The van der Waals surface area contributed by atoms with Crippen LogP contribution in [-0.4, -0.2) is 11.1 Å². The third-order valence-electron chi connectivity index (χ3n) is 1.64. The van der Waals surface area contributed by atoms with Crippen LogP contribution in [-0.2, 0) is 4.79 Å². The summed E-state index contributed by atoms with van der Waals surface area (Å²) >= 11 is 0. The van der Waals surface area contributed by atoms with Crippen LogP contribution in [0.25, 0.3) is 0 Å². The lowest BCUT2D eigenvalue weighted by Crippen LogP contribution is -2.11. The lowest BCUT2D eigenvalue weighted by atomic mass is 10.1. The molecule has 4 heteroatoms. The van der Waals surface area contributed by atoms with Gasteiger partial charge in [0.2, 0.25) is 0 Å². The Morgan fingerprint density at radius 1 is 1.75 bits per heavy atom. The van der Waals surface area contributed by atoms with E-state index in [-0.39, 0.29) is 12.5 Å². The van der Waals surface area contributed by atoms with Crippen molar-refractivity contribution >= 4 is 5.97 Å². The highest BCUT2D eigenvalue weighted by molar-refractivity contribution is 5.66. The Bertz CT molecular complexity index is 243. The molecule has 1 aromatic heterocycles. The van der Waals surface area contributed by atoms with Gasteiger partial charge in [0.1, 0.15) is 0 Å². The van der Waals surface area contributed by atoms with Crippen molar-refractivity contribution in [3.05, 3.63) is 24.2 Å². The topological polar surface area (TPSA) is 76.5 Å². The zero-order valence-corrected chi connectivity index (χ0v) is 6.56. The molecule has 1 aromatic rings. The van der Waals surface area contributed by atoms with Gasteiger partial charge in [-0.3, -0.25) is 4.79 Å². The van der Waals surface area contributed by atoms with Crippen LogP contribution < -0.4 is 5.73 Å². The van der Waals surface area contributed by atoms with Gasteiger partial charge in [0.05, 0.1) is 12.5 Å². The van der Waals surface area contributed by atoms with Gasteiger partial charge in [-0.05, 0) is 12.5 Å². The molecule has 0 fully saturated rings. The van der Waals surface area contributed by atoms with Crippen molar-refractivity contribution in [2.45, 2.75) is 18.9 Å². The molecule has 0 aromatic carbocycles. The summed E-state index contributed by atoms with van der Waals surface area (Å²) < 4.78 is 4.82. The van der Waals surface area contributed by atoms with E-state index in [1.807, 2.05) is 0 Å². The molecule has 1 unspecified atom stereocenters. The minimum Gasteiger partial charge on any atom is -0.481 e. The molecular weight excluding hydrogens is 158 g/mol. The number of carbonyl (C=O) groups is 1. The fourth-order valence-electron chi connectivity index (χ4n) is 0.932. The van der Waals surface area contributed by atoms with E-state index in [0.717, 1.165) is 5.56 Å². The zero-order valence-electron chi connectivity index (χ0n) is 6.56. The number of nitrogens with two attached hydrogens (primary N) is 1. The summed E-state index contributed by atoms with van der Waals surface area (Å²) in [4.78, 5) is 10.2. The maximum Gasteiger partial charge on any atom is 0.303 e. The average molecular weight is 169 g/mol. The van der Waals surface area contributed by atoms with Gasteiger partial charge in [-0.15, -0.1) is 0 Å². The number of carboxylic acids is 1. The summed E-state index contributed by atoms with van der Waals surface area (Å²) in [6.07, 6.45) is 3.59. The predicted molar refractivity (Wildman–Crippen MR) is 42.5 cm³/mol. The molecule has 0 saturated carbocycles. The lowest BCUT2D eigenvalue weighted by molar-refractivity contribution is -0.137. The summed E-state index contributed by atoms with van der Waals surface area (Å²) in [5, 5.41) is 8.38. The van der Waals surface area contributed by atoms with E-state index in [9.17, 15) is 4.79 Å². The fraction of sp³-hybridized carbons (Fsp3) is 0.375. The first-order chi connectivity index (χ1) is 5.70. The lowest BCUT2D eigenvalue weighted by Gasteiger charge is -2.05. The highest BCUT2D eigenvalue weighted by Crippen LogP contribution is 2.15. The molecule has 0 aliphatic carbocycles. The molecule has 12 heavy (non-hydrogen) atoms. The van der Waals surface area contributed by atoms with Gasteiger partial charge in [-0.2, -0.15) is 0 Å². The number of carboxylic acid groups (broad SMARTS) is 1. The second-order valence-corrected chi connectivity index (χ2v) is 2.60. The van der Waals surface area contributed by atoms with Crippen molar-refractivity contribution in [2.24, 2.45) is 5.73 Å². The highest BCUT2D eigenvalue weighted by atomic mass is 16.4. The van der Waals surface area contributed by atoms with Crippen LogP contribution in [0.3, 0.4) is 0 Å². The third-order valence-corrected chi connectivity index (χ3v) is 1.64. The smallest absolute Gasteiger partial charge is 0.303 e. The highest BCUT2D eigenvalue weighted by Gasteiger charge is 2.08. The standard InChI is InChI=1S/C8H11NO3/c9-7(1-2-8(10)11)6-3-4-12-5-6/h3-5,7H,1-2,9H2,(H,10,11). The van der Waals surface area contributed by atoms with Gasteiger partial charge >= 0.3 is 5.97 Å². The van der Waals surface area contributed by atoms with Crippen LogP contribution in [0.1, 0.15) is 24.4 Å². The van der Waals surface area contributed by atoms with Gasteiger partial charge in [0.15, 0.2) is 0 Å². The Hall–Kier alpha value is -1.29. The van der Waals surface area contributed by atoms with Gasteiger partial charge in [-0.25, -0.2) is 0 Å². The monoisotopic (exact) mass is 169 g/mol. The van der Waals surface area contributed by atoms with E-state index in [0.29, 0.717) is 6.42 Å². The van der Waals surface area contributed by atoms with Crippen LogP contribution in [0.15, 0.2) is 23.0 Å². The van der Waals surface area contributed by atoms with E-state index in [4.69, 9.17) is 15.3 Å². The summed E-state index contributed by atoms with van der Waals surface area (Å²) in [7, 11) is 0. The fourth-order valence-corrected chi connectivity index (χ4v) is 0.932. The molecular formula is C8H11NO3. The van der Waals surface area contributed by atoms with Crippen molar-refractivity contribution in [1.82, 2.24) is 0 Å². The minimum absolute atomic E-state index is 0.0896. The first-order valence-electron chi connectivity index (χ1n) is 3.69. The summed E-state index contributed by atoms with van der Waals surface area (Å²) in [5.41, 5.74) is 6.51. The first kappa shape index (κ1) is 8.80. The van der Waals surface area contributed by atoms with Crippen LogP contribution in [0.4, 0.5) is 0 Å². The zero-order chi connectivity index (χ0) is 8.97. The number of furan rings is 1. The largest absolute Gasteiger partial charge is 0.481 e. The van der Waals surface area contributed by atoms with Gasteiger partial charge in [0, 0.05) is 18.0 Å². The second-order valence-electron chi connectivity index (χ2n) is 2.60. The van der Waals surface area contributed by atoms with Gasteiger partial charge in [0.25, 0.3) is 0 Å². The van der Waals surface area contributed by atoms with E-state index in [1.54, 1.807) is 6.07 Å². The predicted octanol–water partition coefficient (Wildman–Crippen LogP) is 1.14. The van der Waals surface area contributed by atoms with Crippen molar-refractivity contribution in [1.29, 1.82) is 0 Å². The molecule has 0 aliphatic rings. The molecule has 3 N–H and O–H groups in total. The third kappa shape index (κ3) is 2.39. The van der Waals surface area contributed by atoms with Gasteiger partial charge < -0.3 is 15.3 Å². The molecule has 0 radical (unpaired) electrons. The Morgan fingerprint density at radius 2 is 2.50 bits per heavy atom. The van der Waals surface area contributed by atoms with E-state index < -0.39 is 5.97 Å².